The van der Waals surface area contributed by atoms with Crippen LogP contribution in [0, 0.1) is 0 Å². The van der Waals surface area contributed by atoms with E-state index in [1.807, 2.05) is 17.7 Å². The molecule has 25 heavy (non-hydrogen) atoms. The minimum absolute atomic E-state index is 0.196. The number of alkyl carbamates (subject to hydrolysis) is 1. The Kier molecular flexibility index (Phi) is 5.20. The Morgan fingerprint density at radius 3 is 2.68 bits per heavy atom. The van der Waals surface area contributed by atoms with E-state index in [9.17, 15) is 14.7 Å². The number of carbonyl (C=O) groups is 2. The number of nitrogens with two attached hydrogens (primary N) is 1. The molecule has 0 aliphatic carbocycles. The van der Waals surface area contributed by atoms with Gasteiger partial charge in [0.2, 0.25) is 0 Å². The summed E-state index contributed by atoms with van der Waals surface area (Å²) in [6, 6.07) is 4.37. The second-order valence-electron chi connectivity index (χ2n) is 6.91. The van der Waals surface area contributed by atoms with Crippen LogP contribution in [0.3, 0.4) is 0 Å². The summed E-state index contributed by atoms with van der Waals surface area (Å²) in [5, 5.41) is 11.7. The van der Waals surface area contributed by atoms with Crippen molar-refractivity contribution in [1.29, 1.82) is 0 Å². The summed E-state index contributed by atoms with van der Waals surface area (Å²) < 4.78 is 7.00. The number of aliphatic carboxylic acids is 1. The van der Waals surface area contributed by atoms with Crippen molar-refractivity contribution in [3.8, 4) is 0 Å². The molecule has 2 aromatic rings. The van der Waals surface area contributed by atoms with Gasteiger partial charge in [0.05, 0.1) is 11.0 Å². The quantitative estimate of drug-likeness (QED) is 0.712. The minimum atomic E-state index is -1.12. The largest absolute Gasteiger partial charge is 0.480 e. The number of amides is 1. The number of aryl methyl sites for hydroxylation is 2. The number of nitrogens with zero attached hydrogens (tertiary/aromatic N) is 2. The van der Waals surface area contributed by atoms with Crippen LogP contribution in [0.2, 0.25) is 0 Å². The predicted octanol–water partition coefficient (Wildman–Crippen LogP) is 2.07. The highest BCUT2D eigenvalue weighted by atomic mass is 16.6. The number of nitrogens with one attached hydrogen (secondary N) is 1. The number of ether oxygens (including phenoxy) is 1. The summed E-state index contributed by atoms with van der Waals surface area (Å²) >= 11 is 0. The van der Waals surface area contributed by atoms with Crippen molar-refractivity contribution in [3.63, 3.8) is 0 Å². The number of anilines is 1. The number of hydrogen-bond acceptors (Lipinski definition) is 5. The van der Waals surface area contributed by atoms with Crippen molar-refractivity contribution < 1.29 is 19.4 Å². The van der Waals surface area contributed by atoms with E-state index in [0.717, 1.165) is 16.9 Å². The molecule has 1 aromatic heterocycles. The van der Waals surface area contributed by atoms with Crippen LogP contribution in [0.25, 0.3) is 11.0 Å². The number of hydrogen-bond donors (Lipinski definition) is 3. The Hall–Kier alpha value is -2.77. The number of imidazole rings is 1. The summed E-state index contributed by atoms with van der Waals surface area (Å²) in [4.78, 5) is 27.7. The lowest BCUT2D eigenvalue weighted by atomic mass is 10.1. The van der Waals surface area contributed by atoms with Gasteiger partial charge in [-0.05, 0) is 45.4 Å². The maximum absolute atomic E-state index is 11.8. The minimum Gasteiger partial charge on any atom is -0.480 e. The van der Waals surface area contributed by atoms with E-state index >= 15 is 0 Å². The van der Waals surface area contributed by atoms with Crippen LogP contribution in [0.4, 0.5) is 10.5 Å². The Morgan fingerprint density at radius 2 is 2.08 bits per heavy atom. The van der Waals surface area contributed by atoms with E-state index in [-0.39, 0.29) is 6.42 Å². The van der Waals surface area contributed by atoms with Crippen LogP contribution in [-0.2, 0) is 23.0 Å². The van der Waals surface area contributed by atoms with Crippen LogP contribution in [0.15, 0.2) is 18.2 Å². The summed E-state index contributed by atoms with van der Waals surface area (Å²) in [7, 11) is 1.86. The molecule has 0 fully saturated rings. The number of benzene rings is 1. The second-order valence-corrected chi connectivity index (χ2v) is 6.91. The van der Waals surface area contributed by atoms with Gasteiger partial charge < -0.3 is 25.5 Å². The Morgan fingerprint density at radius 1 is 1.40 bits per heavy atom. The Balaban J connectivity index is 2.07. The first-order chi connectivity index (χ1) is 11.6. The lowest BCUT2D eigenvalue weighted by Gasteiger charge is -2.22. The topological polar surface area (TPSA) is 119 Å². The van der Waals surface area contributed by atoms with E-state index in [0.29, 0.717) is 12.1 Å². The summed E-state index contributed by atoms with van der Waals surface area (Å²) in [5.74, 6) is -0.397. The molecule has 0 unspecified atom stereocenters. The first kappa shape index (κ1) is 18.6. The molecule has 1 amide bonds. The molecule has 0 bridgehead atoms. The zero-order chi connectivity index (χ0) is 18.8. The van der Waals surface area contributed by atoms with Gasteiger partial charge in [-0.2, -0.15) is 0 Å². The molecule has 4 N–H and O–H groups in total. The number of aromatic nitrogens is 2. The molecule has 1 heterocycles. The Bertz CT molecular complexity index is 792. The van der Waals surface area contributed by atoms with Crippen LogP contribution >= 0.6 is 0 Å². The zero-order valence-electron chi connectivity index (χ0n) is 14.9. The average Bonchev–Trinajstić information content (AvgIpc) is 2.77. The van der Waals surface area contributed by atoms with Crippen LogP contribution < -0.4 is 11.1 Å². The van der Waals surface area contributed by atoms with Gasteiger partial charge in [-0.1, -0.05) is 0 Å². The van der Waals surface area contributed by atoms with Crippen molar-refractivity contribution in [3.05, 3.63) is 24.0 Å². The van der Waals surface area contributed by atoms with E-state index in [2.05, 4.69) is 10.3 Å². The van der Waals surface area contributed by atoms with Gasteiger partial charge in [-0.25, -0.2) is 14.6 Å². The van der Waals surface area contributed by atoms with Crippen molar-refractivity contribution >= 4 is 28.8 Å². The van der Waals surface area contributed by atoms with Crippen molar-refractivity contribution in [2.75, 3.05) is 5.73 Å². The third kappa shape index (κ3) is 4.85. The lowest BCUT2D eigenvalue weighted by molar-refractivity contribution is -0.139. The maximum Gasteiger partial charge on any atom is 0.408 e. The molecule has 2 rings (SSSR count). The van der Waals surface area contributed by atoms with Gasteiger partial charge in [0.1, 0.15) is 17.5 Å². The Labute approximate surface area is 146 Å². The van der Waals surface area contributed by atoms with E-state index < -0.39 is 23.7 Å². The third-order valence-corrected chi connectivity index (χ3v) is 3.64. The standard InChI is InChI=1S/C17H24N4O4/c1-17(2,3)25-16(24)20-11(15(22)23)6-8-14-19-12-9-10(18)5-7-13(12)21(14)4/h5,7,9,11H,6,8,18H2,1-4H3,(H,20,24)(H,22,23)/t11-/m0/s1. The van der Waals surface area contributed by atoms with E-state index in [1.54, 1.807) is 32.9 Å². The molecule has 0 radical (unpaired) electrons. The molecular weight excluding hydrogens is 324 g/mol. The summed E-state index contributed by atoms with van der Waals surface area (Å²) in [6.07, 6.45) is -0.170. The fraction of sp³-hybridized carbons (Fsp3) is 0.471. The highest BCUT2D eigenvalue weighted by Crippen LogP contribution is 2.19. The number of carbonyl (C=O) groups excluding carboxylic acids is 1. The average molecular weight is 348 g/mol. The van der Waals surface area contributed by atoms with Crippen molar-refractivity contribution in [2.45, 2.75) is 45.3 Å². The molecule has 0 spiro atoms. The van der Waals surface area contributed by atoms with Crippen molar-refractivity contribution in [2.24, 2.45) is 7.05 Å². The predicted molar refractivity (Wildman–Crippen MR) is 94.2 cm³/mol. The molecule has 136 valence electrons. The van der Waals surface area contributed by atoms with Gasteiger partial charge in [0.15, 0.2) is 0 Å². The van der Waals surface area contributed by atoms with E-state index in [1.165, 1.54) is 0 Å². The fourth-order valence-electron chi connectivity index (χ4n) is 2.47. The summed E-state index contributed by atoms with van der Waals surface area (Å²) in [5.41, 5.74) is 7.36. The number of nitrogen functional groups attached to an aromatic ring is 1. The van der Waals surface area contributed by atoms with Crippen LogP contribution in [0.1, 0.15) is 33.0 Å². The molecule has 8 heteroatoms. The monoisotopic (exact) mass is 348 g/mol. The van der Waals surface area contributed by atoms with E-state index in [4.69, 9.17) is 10.5 Å². The first-order valence-electron chi connectivity index (χ1n) is 8.00. The van der Waals surface area contributed by atoms with Crippen molar-refractivity contribution in [1.82, 2.24) is 14.9 Å². The molecule has 8 nitrogen and oxygen atoms in total. The molecule has 1 atom stereocenters. The van der Waals surface area contributed by atoms with Gasteiger partial charge in [-0.15, -0.1) is 0 Å². The maximum atomic E-state index is 11.8. The molecule has 0 aliphatic heterocycles. The fourth-order valence-corrected chi connectivity index (χ4v) is 2.47. The molecule has 0 saturated heterocycles. The highest BCUT2D eigenvalue weighted by Gasteiger charge is 2.24. The lowest BCUT2D eigenvalue weighted by Crippen LogP contribution is -2.43. The molecule has 0 aliphatic rings. The van der Waals surface area contributed by atoms with Gasteiger partial charge in [0, 0.05) is 19.2 Å². The van der Waals surface area contributed by atoms with Gasteiger partial charge in [0.25, 0.3) is 0 Å². The normalized spacial score (nSPS) is 12.8. The molecular formula is C17H24N4O4. The zero-order valence-corrected chi connectivity index (χ0v) is 14.9. The van der Waals surface area contributed by atoms with Crippen LogP contribution in [-0.4, -0.2) is 38.4 Å². The number of fused-ring (bicyclic) bond motifs is 1. The molecule has 0 saturated carbocycles. The van der Waals surface area contributed by atoms with Crippen LogP contribution in [0.5, 0.6) is 0 Å². The first-order valence-corrected chi connectivity index (χ1v) is 8.00. The van der Waals surface area contributed by atoms with Gasteiger partial charge >= 0.3 is 12.1 Å². The molecule has 1 aromatic carbocycles. The highest BCUT2D eigenvalue weighted by molar-refractivity contribution is 5.80. The summed E-state index contributed by atoms with van der Waals surface area (Å²) in [6.45, 7) is 5.15. The number of carboxylic acids is 1. The smallest absolute Gasteiger partial charge is 0.408 e. The van der Waals surface area contributed by atoms with Gasteiger partial charge in [-0.3, -0.25) is 0 Å². The third-order valence-electron chi connectivity index (χ3n) is 3.64. The number of carboxylic acid groups (broad SMARTS) is 1. The number of rotatable bonds is 5. The SMILES string of the molecule is Cn1c(CC[C@H](NC(=O)OC(C)(C)C)C(=O)O)nc2cc(N)ccc21. The second kappa shape index (κ2) is 7.00.